The lowest BCUT2D eigenvalue weighted by atomic mass is 10.1. The van der Waals surface area contributed by atoms with Crippen molar-refractivity contribution in [1.82, 2.24) is 20.2 Å². The summed E-state index contributed by atoms with van der Waals surface area (Å²) in [5.41, 5.74) is 6.65. The van der Waals surface area contributed by atoms with Crippen molar-refractivity contribution >= 4 is 15.9 Å². The SMILES string of the molecule is NCCn1nnnc1Cc1cccc(Br)c1. The fraction of sp³-hybridized carbons (Fsp3) is 0.300. The van der Waals surface area contributed by atoms with Gasteiger partial charge in [0.25, 0.3) is 0 Å². The van der Waals surface area contributed by atoms with Gasteiger partial charge in [0.05, 0.1) is 6.54 Å². The molecule has 1 heterocycles. The van der Waals surface area contributed by atoms with Crippen molar-refractivity contribution in [2.75, 3.05) is 6.54 Å². The summed E-state index contributed by atoms with van der Waals surface area (Å²) in [6, 6.07) is 8.09. The molecule has 0 fully saturated rings. The van der Waals surface area contributed by atoms with Gasteiger partial charge in [0.15, 0.2) is 5.82 Å². The number of halogens is 1. The van der Waals surface area contributed by atoms with Crippen LogP contribution in [0.1, 0.15) is 11.4 Å². The van der Waals surface area contributed by atoms with Crippen LogP contribution < -0.4 is 5.73 Å². The Morgan fingerprint density at radius 1 is 1.38 bits per heavy atom. The highest BCUT2D eigenvalue weighted by molar-refractivity contribution is 9.10. The molecule has 0 radical (unpaired) electrons. The van der Waals surface area contributed by atoms with E-state index in [0.717, 1.165) is 10.3 Å². The Balaban J connectivity index is 2.17. The van der Waals surface area contributed by atoms with E-state index in [1.807, 2.05) is 18.2 Å². The summed E-state index contributed by atoms with van der Waals surface area (Å²) < 4.78 is 2.80. The highest BCUT2D eigenvalue weighted by Gasteiger charge is 2.06. The molecular formula is C10H12BrN5. The van der Waals surface area contributed by atoms with E-state index in [2.05, 4.69) is 37.5 Å². The Kier molecular flexibility index (Phi) is 3.63. The number of hydrogen-bond donors (Lipinski definition) is 1. The molecule has 0 bridgehead atoms. The second-order valence-electron chi connectivity index (χ2n) is 3.41. The molecular weight excluding hydrogens is 270 g/mol. The summed E-state index contributed by atoms with van der Waals surface area (Å²) in [7, 11) is 0. The molecule has 2 rings (SSSR count). The first-order chi connectivity index (χ1) is 7.79. The topological polar surface area (TPSA) is 69.6 Å². The van der Waals surface area contributed by atoms with Crippen LogP contribution in [0.15, 0.2) is 28.7 Å². The van der Waals surface area contributed by atoms with Crippen LogP contribution in [-0.2, 0) is 13.0 Å². The second-order valence-corrected chi connectivity index (χ2v) is 4.33. The molecule has 2 N–H and O–H groups in total. The van der Waals surface area contributed by atoms with Crippen LogP contribution in [0.5, 0.6) is 0 Å². The molecule has 6 heteroatoms. The largest absolute Gasteiger partial charge is 0.329 e. The lowest BCUT2D eigenvalue weighted by Crippen LogP contribution is -2.14. The van der Waals surface area contributed by atoms with Crippen molar-refractivity contribution < 1.29 is 0 Å². The number of hydrogen-bond acceptors (Lipinski definition) is 4. The first kappa shape index (κ1) is 11.2. The van der Waals surface area contributed by atoms with Gasteiger partial charge in [0.2, 0.25) is 0 Å². The van der Waals surface area contributed by atoms with E-state index in [-0.39, 0.29) is 0 Å². The zero-order chi connectivity index (χ0) is 11.4. The molecule has 5 nitrogen and oxygen atoms in total. The molecule has 0 aliphatic heterocycles. The highest BCUT2D eigenvalue weighted by Crippen LogP contribution is 2.13. The summed E-state index contributed by atoms with van der Waals surface area (Å²) in [4.78, 5) is 0. The number of nitrogens with zero attached hydrogens (tertiary/aromatic N) is 4. The zero-order valence-electron chi connectivity index (χ0n) is 8.67. The van der Waals surface area contributed by atoms with Crippen LogP contribution in [0, 0.1) is 0 Å². The molecule has 0 saturated carbocycles. The number of rotatable bonds is 4. The molecule has 2 aromatic rings. The predicted octanol–water partition coefficient (Wildman–Crippen LogP) is 0.985. The fourth-order valence-corrected chi connectivity index (χ4v) is 1.92. The molecule has 0 saturated heterocycles. The fourth-order valence-electron chi connectivity index (χ4n) is 1.48. The van der Waals surface area contributed by atoms with Crippen molar-refractivity contribution in [2.24, 2.45) is 5.73 Å². The Hall–Kier alpha value is -1.27. The predicted molar refractivity (Wildman–Crippen MR) is 63.8 cm³/mol. The van der Waals surface area contributed by atoms with Crippen molar-refractivity contribution in [3.63, 3.8) is 0 Å². The lowest BCUT2D eigenvalue weighted by molar-refractivity contribution is 0.578. The number of aromatic nitrogens is 4. The van der Waals surface area contributed by atoms with Crippen LogP contribution >= 0.6 is 15.9 Å². The van der Waals surface area contributed by atoms with Gasteiger partial charge in [-0.05, 0) is 28.1 Å². The van der Waals surface area contributed by atoms with Gasteiger partial charge in [-0.1, -0.05) is 28.1 Å². The molecule has 1 aromatic carbocycles. The molecule has 0 spiro atoms. The number of benzene rings is 1. The Bertz CT molecular complexity index is 468. The summed E-state index contributed by atoms with van der Waals surface area (Å²) in [6.07, 6.45) is 0.715. The Labute approximate surface area is 102 Å². The van der Waals surface area contributed by atoms with E-state index in [1.165, 1.54) is 5.56 Å². The minimum Gasteiger partial charge on any atom is -0.329 e. The van der Waals surface area contributed by atoms with Crippen LogP contribution in [0.4, 0.5) is 0 Å². The molecule has 84 valence electrons. The van der Waals surface area contributed by atoms with E-state index in [1.54, 1.807) is 4.68 Å². The Morgan fingerprint density at radius 2 is 2.25 bits per heavy atom. The van der Waals surface area contributed by atoms with Crippen molar-refractivity contribution in [3.8, 4) is 0 Å². The van der Waals surface area contributed by atoms with Crippen LogP contribution in [0.3, 0.4) is 0 Å². The quantitative estimate of drug-likeness (QED) is 0.907. The first-order valence-electron chi connectivity index (χ1n) is 4.99. The molecule has 0 amide bonds. The highest BCUT2D eigenvalue weighted by atomic mass is 79.9. The van der Waals surface area contributed by atoms with Crippen molar-refractivity contribution in [3.05, 3.63) is 40.1 Å². The standard InChI is InChI=1S/C10H12BrN5/c11-9-3-1-2-8(6-9)7-10-13-14-15-16(10)5-4-12/h1-3,6H,4-5,7,12H2. The summed E-state index contributed by atoms with van der Waals surface area (Å²) in [5, 5.41) is 11.5. The third-order valence-corrected chi connectivity index (χ3v) is 2.69. The van der Waals surface area contributed by atoms with E-state index in [9.17, 15) is 0 Å². The minimum atomic E-state index is 0.538. The average molecular weight is 282 g/mol. The maximum atomic E-state index is 5.48. The van der Waals surface area contributed by atoms with E-state index < -0.39 is 0 Å². The van der Waals surface area contributed by atoms with Gasteiger partial charge in [-0.3, -0.25) is 0 Å². The van der Waals surface area contributed by atoms with Crippen molar-refractivity contribution in [1.29, 1.82) is 0 Å². The third-order valence-electron chi connectivity index (χ3n) is 2.20. The molecule has 0 aliphatic carbocycles. The monoisotopic (exact) mass is 281 g/mol. The van der Waals surface area contributed by atoms with Gasteiger partial charge in [-0.15, -0.1) is 5.10 Å². The summed E-state index contributed by atoms with van der Waals surface area (Å²) in [6.45, 7) is 1.19. The summed E-state index contributed by atoms with van der Waals surface area (Å²) >= 11 is 3.44. The maximum Gasteiger partial charge on any atom is 0.155 e. The molecule has 0 unspecified atom stereocenters. The van der Waals surface area contributed by atoms with Gasteiger partial charge in [-0.25, -0.2) is 4.68 Å². The molecule has 1 aromatic heterocycles. The minimum absolute atomic E-state index is 0.538. The van der Waals surface area contributed by atoms with Crippen LogP contribution in [0.25, 0.3) is 0 Å². The molecule has 16 heavy (non-hydrogen) atoms. The van der Waals surface area contributed by atoms with E-state index in [4.69, 9.17) is 5.73 Å². The van der Waals surface area contributed by atoms with Gasteiger partial charge < -0.3 is 5.73 Å². The van der Waals surface area contributed by atoms with Crippen molar-refractivity contribution in [2.45, 2.75) is 13.0 Å². The normalized spacial score (nSPS) is 10.6. The zero-order valence-corrected chi connectivity index (χ0v) is 10.3. The van der Waals surface area contributed by atoms with E-state index in [0.29, 0.717) is 19.5 Å². The molecule has 0 atom stereocenters. The van der Waals surface area contributed by atoms with Gasteiger partial charge in [-0.2, -0.15) is 0 Å². The smallest absolute Gasteiger partial charge is 0.155 e. The maximum absolute atomic E-state index is 5.48. The molecule has 0 aliphatic rings. The number of nitrogens with two attached hydrogens (primary N) is 1. The van der Waals surface area contributed by atoms with Crippen LogP contribution in [0.2, 0.25) is 0 Å². The first-order valence-corrected chi connectivity index (χ1v) is 5.78. The van der Waals surface area contributed by atoms with Gasteiger partial charge in [0, 0.05) is 17.4 Å². The van der Waals surface area contributed by atoms with Gasteiger partial charge in [0.1, 0.15) is 0 Å². The lowest BCUT2D eigenvalue weighted by Gasteiger charge is -2.03. The summed E-state index contributed by atoms with van der Waals surface area (Å²) in [5.74, 6) is 0.837. The third kappa shape index (κ3) is 2.65. The number of tetrazole rings is 1. The average Bonchev–Trinajstić information content (AvgIpc) is 2.66. The van der Waals surface area contributed by atoms with Gasteiger partial charge >= 0.3 is 0 Å². The Morgan fingerprint density at radius 3 is 3.00 bits per heavy atom. The van der Waals surface area contributed by atoms with E-state index >= 15 is 0 Å². The van der Waals surface area contributed by atoms with Crippen LogP contribution in [-0.4, -0.2) is 26.8 Å². The second kappa shape index (κ2) is 5.18.